The van der Waals surface area contributed by atoms with Crippen molar-refractivity contribution in [2.75, 3.05) is 0 Å². The van der Waals surface area contributed by atoms with Crippen LogP contribution < -0.4 is 4.72 Å². The van der Waals surface area contributed by atoms with Gasteiger partial charge in [0.25, 0.3) is 0 Å². The minimum atomic E-state index is -3.72. The molecule has 0 amide bonds. The smallest absolute Gasteiger partial charge is 0.223 e. The molecule has 1 N–H and O–H groups in total. The average Bonchev–Trinajstić information content (AvgIpc) is 3.09. The molecular weight excluding hydrogens is 331 g/mol. The predicted molar refractivity (Wildman–Crippen MR) is 86.5 cm³/mol. The van der Waals surface area contributed by atoms with Crippen LogP contribution in [-0.4, -0.2) is 23.2 Å². The topological polar surface area (TPSA) is 76.9 Å². The first-order chi connectivity index (χ1) is 11.5. The van der Waals surface area contributed by atoms with Crippen LogP contribution in [-0.2, 0) is 10.0 Å². The molecule has 1 unspecified atom stereocenters. The first kappa shape index (κ1) is 16.3. The van der Waals surface area contributed by atoms with Gasteiger partial charge in [0, 0.05) is 6.04 Å². The summed E-state index contributed by atoms with van der Waals surface area (Å²) in [6, 6.07) is 11.5. The largest absolute Gasteiger partial charge is 0.241 e. The van der Waals surface area contributed by atoms with Crippen LogP contribution in [0.15, 0.2) is 66.1 Å². The molecule has 24 heavy (non-hydrogen) atoms. The molecule has 0 fully saturated rings. The lowest BCUT2D eigenvalue weighted by atomic mass is 10.1. The maximum atomic E-state index is 12.9. The molecule has 0 radical (unpaired) electrons. The Morgan fingerprint density at radius 2 is 1.75 bits per heavy atom. The van der Waals surface area contributed by atoms with Gasteiger partial charge in [-0.1, -0.05) is 12.1 Å². The number of aromatic nitrogens is 3. The maximum Gasteiger partial charge on any atom is 0.241 e. The SMILES string of the molecule is CC(NS(=O)(=O)c1ccc(F)cc1)c1ccc(-n2cncn2)cc1. The molecule has 0 bridgehead atoms. The zero-order valence-corrected chi connectivity index (χ0v) is 13.6. The molecule has 1 atom stereocenters. The van der Waals surface area contributed by atoms with Crippen LogP contribution in [0.1, 0.15) is 18.5 Å². The fraction of sp³-hybridized carbons (Fsp3) is 0.125. The van der Waals surface area contributed by atoms with Crippen LogP contribution in [0.5, 0.6) is 0 Å². The number of hydrogen-bond acceptors (Lipinski definition) is 4. The van der Waals surface area contributed by atoms with Crippen molar-refractivity contribution in [1.29, 1.82) is 0 Å². The molecule has 3 rings (SSSR count). The zero-order valence-electron chi connectivity index (χ0n) is 12.8. The van der Waals surface area contributed by atoms with Crippen LogP contribution >= 0.6 is 0 Å². The summed E-state index contributed by atoms with van der Waals surface area (Å²) in [6.07, 6.45) is 3.02. The highest BCUT2D eigenvalue weighted by molar-refractivity contribution is 7.89. The van der Waals surface area contributed by atoms with Crippen LogP contribution in [0, 0.1) is 5.82 Å². The summed E-state index contributed by atoms with van der Waals surface area (Å²) < 4.78 is 41.8. The molecule has 0 aliphatic rings. The molecule has 0 spiro atoms. The molecule has 1 aromatic heterocycles. The van der Waals surface area contributed by atoms with E-state index in [1.807, 2.05) is 24.3 Å². The van der Waals surface area contributed by atoms with Gasteiger partial charge >= 0.3 is 0 Å². The lowest BCUT2D eigenvalue weighted by molar-refractivity contribution is 0.566. The number of halogens is 1. The highest BCUT2D eigenvalue weighted by atomic mass is 32.2. The molecule has 0 aliphatic carbocycles. The normalized spacial score (nSPS) is 12.9. The molecule has 0 saturated carbocycles. The fourth-order valence-electron chi connectivity index (χ4n) is 2.24. The molecule has 3 aromatic rings. The second-order valence-electron chi connectivity index (χ2n) is 5.23. The molecule has 2 aromatic carbocycles. The van der Waals surface area contributed by atoms with Crippen LogP contribution in [0.4, 0.5) is 4.39 Å². The van der Waals surface area contributed by atoms with Gasteiger partial charge in [0.2, 0.25) is 10.0 Å². The Morgan fingerprint density at radius 1 is 1.08 bits per heavy atom. The summed E-state index contributed by atoms with van der Waals surface area (Å²) in [6.45, 7) is 1.74. The quantitative estimate of drug-likeness (QED) is 0.770. The fourth-order valence-corrected chi connectivity index (χ4v) is 3.47. The van der Waals surface area contributed by atoms with Gasteiger partial charge in [0.05, 0.1) is 10.6 Å². The van der Waals surface area contributed by atoms with Gasteiger partial charge in [-0.25, -0.2) is 27.2 Å². The lowest BCUT2D eigenvalue weighted by Gasteiger charge is -2.15. The van der Waals surface area contributed by atoms with E-state index in [2.05, 4.69) is 14.8 Å². The van der Waals surface area contributed by atoms with Gasteiger partial charge in [-0.15, -0.1) is 0 Å². The molecular formula is C16H15FN4O2S. The van der Waals surface area contributed by atoms with E-state index in [1.165, 1.54) is 18.5 Å². The number of sulfonamides is 1. The minimum absolute atomic E-state index is 0.0231. The Labute approximate surface area is 139 Å². The second kappa shape index (κ2) is 6.50. The highest BCUT2D eigenvalue weighted by Gasteiger charge is 2.18. The monoisotopic (exact) mass is 346 g/mol. The summed E-state index contributed by atoms with van der Waals surface area (Å²) in [7, 11) is -3.72. The van der Waals surface area contributed by atoms with E-state index < -0.39 is 21.9 Å². The van der Waals surface area contributed by atoms with Crippen molar-refractivity contribution in [2.45, 2.75) is 17.9 Å². The van der Waals surface area contributed by atoms with Crippen molar-refractivity contribution < 1.29 is 12.8 Å². The lowest BCUT2D eigenvalue weighted by Crippen LogP contribution is -2.26. The molecule has 124 valence electrons. The van der Waals surface area contributed by atoms with E-state index in [1.54, 1.807) is 17.9 Å². The van der Waals surface area contributed by atoms with Gasteiger partial charge in [-0.3, -0.25) is 0 Å². The summed E-state index contributed by atoms with van der Waals surface area (Å²) in [5, 5.41) is 4.03. The Bertz CT molecular complexity index is 908. The van der Waals surface area contributed by atoms with E-state index in [0.29, 0.717) is 0 Å². The number of hydrogen-bond donors (Lipinski definition) is 1. The average molecular weight is 346 g/mol. The first-order valence-corrected chi connectivity index (χ1v) is 8.67. The molecule has 8 heteroatoms. The molecule has 1 heterocycles. The van der Waals surface area contributed by atoms with Gasteiger partial charge in [-0.2, -0.15) is 5.10 Å². The van der Waals surface area contributed by atoms with E-state index in [9.17, 15) is 12.8 Å². The maximum absolute atomic E-state index is 12.9. The number of benzene rings is 2. The van der Waals surface area contributed by atoms with Crippen molar-refractivity contribution in [3.05, 3.63) is 72.6 Å². The van der Waals surface area contributed by atoms with Gasteiger partial charge in [0.1, 0.15) is 18.5 Å². The Balaban J connectivity index is 1.76. The first-order valence-electron chi connectivity index (χ1n) is 7.18. The predicted octanol–water partition coefficient (Wildman–Crippen LogP) is 2.45. The Hall–Kier alpha value is -2.58. The van der Waals surface area contributed by atoms with Crippen molar-refractivity contribution in [1.82, 2.24) is 19.5 Å². The van der Waals surface area contributed by atoms with Gasteiger partial charge in [-0.05, 0) is 48.9 Å². The number of rotatable bonds is 5. The second-order valence-corrected chi connectivity index (χ2v) is 6.94. The highest BCUT2D eigenvalue weighted by Crippen LogP contribution is 2.18. The standard InChI is InChI=1S/C16H15FN4O2S/c1-12(20-24(22,23)16-8-4-14(17)5-9-16)13-2-6-15(7-3-13)21-11-18-10-19-21/h2-12,20H,1H3. The zero-order chi connectivity index (χ0) is 17.2. The van der Waals surface area contributed by atoms with Crippen molar-refractivity contribution in [3.8, 4) is 5.69 Å². The minimum Gasteiger partial charge on any atom is -0.223 e. The van der Waals surface area contributed by atoms with Crippen LogP contribution in [0.25, 0.3) is 5.69 Å². The number of nitrogens with zero attached hydrogens (tertiary/aromatic N) is 3. The summed E-state index contributed by atoms with van der Waals surface area (Å²) >= 11 is 0. The number of nitrogens with one attached hydrogen (secondary N) is 1. The van der Waals surface area contributed by atoms with Crippen molar-refractivity contribution in [2.24, 2.45) is 0 Å². The third-order valence-electron chi connectivity index (χ3n) is 3.53. The van der Waals surface area contributed by atoms with E-state index >= 15 is 0 Å². The summed E-state index contributed by atoms with van der Waals surface area (Å²) in [4.78, 5) is 3.90. The molecule has 0 aliphatic heterocycles. The Morgan fingerprint density at radius 3 is 2.33 bits per heavy atom. The van der Waals surface area contributed by atoms with E-state index in [0.717, 1.165) is 23.4 Å². The van der Waals surface area contributed by atoms with Gasteiger partial charge < -0.3 is 0 Å². The summed E-state index contributed by atoms with van der Waals surface area (Å²) in [5.41, 5.74) is 1.62. The van der Waals surface area contributed by atoms with E-state index in [4.69, 9.17) is 0 Å². The third kappa shape index (κ3) is 3.50. The van der Waals surface area contributed by atoms with Crippen LogP contribution in [0.3, 0.4) is 0 Å². The van der Waals surface area contributed by atoms with Crippen molar-refractivity contribution in [3.63, 3.8) is 0 Å². The Kier molecular flexibility index (Phi) is 4.41. The summed E-state index contributed by atoms with van der Waals surface area (Å²) in [5.74, 6) is -0.481. The van der Waals surface area contributed by atoms with E-state index in [-0.39, 0.29) is 4.90 Å². The molecule has 0 saturated heterocycles. The van der Waals surface area contributed by atoms with Gasteiger partial charge in [0.15, 0.2) is 0 Å². The van der Waals surface area contributed by atoms with Crippen LogP contribution in [0.2, 0.25) is 0 Å². The third-order valence-corrected chi connectivity index (χ3v) is 5.09. The van der Waals surface area contributed by atoms with Crippen molar-refractivity contribution >= 4 is 10.0 Å². The molecule has 6 nitrogen and oxygen atoms in total.